The van der Waals surface area contributed by atoms with Gasteiger partial charge in [0.25, 0.3) is 0 Å². The van der Waals surface area contributed by atoms with Gasteiger partial charge in [0.15, 0.2) is 0 Å². The van der Waals surface area contributed by atoms with Crippen molar-refractivity contribution in [2.75, 3.05) is 7.11 Å². The van der Waals surface area contributed by atoms with E-state index >= 15 is 0 Å². The third kappa shape index (κ3) is 2.56. The molecule has 1 fully saturated rings. The first-order valence-corrected chi connectivity index (χ1v) is 4.48. The van der Waals surface area contributed by atoms with E-state index in [9.17, 15) is 4.79 Å². The van der Waals surface area contributed by atoms with Crippen molar-refractivity contribution in [1.29, 1.82) is 0 Å². The second kappa shape index (κ2) is 3.92. The molecule has 1 rings (SSSR count). The maximum atomic E-state index is 11.0. The van der Waals surface area contributed by atoms with Gasteiger partial charge in [-0.15, -0.1) is 0 Å². The second-order valence-corrected chi connectivity index (χ2v) is 3.68. The van der Waals surface area contributed by atoms with Gasteiger partial charge in [0.2, 0.25) is 0 Å². The molecule has 1 aliphatic carbocycles. The number of rotatable bonds is 3. The zero-order valence-corrected chi connectivity index (χ0v) is 8.21. The Morgan fingerprint density at radius 3 is 2.85 bits per heavy atom. The van der Waals surface area contributed by atoms with E-state index in [0.29, 0.717) is 0 Å². The quantitative estimate of drug-likeness (QED) is 0.494. The van der Waals surface area contributed by atoms with Crippen molar-refractivity contribution in [3.05, 3.63) is 12.7 Å². The smallest absolute Gasteiger partial charge is 0.330 e. The molecule has 0 radical (unpaired) electrons. The Morgan fingerprint density at radius 1 is 1.69 bits per heavy atom. The summed E-state index contributed by atoms with van der Waals surface area (Å²) in [6, 6.07) is 0. The molecule has 0 aromatic carbocycles. The first-order chi connectivity index (χ1) is 6.09. The summed E-state index contributed by atoms with van der Waals surface area (Å²) in [5.41, 5.74) is -0.355. The minimum absolute atomic E-state index is 0.225. The number of carbonyl (C=O) groups excluding carboxylic acids is 1. The van der Waals surface area contributed by atoms with Crippen molar-refractivity contribution >= 4 is 5.97 Å². The minimum atomic E-state index is -0.355. The Bertz CT molecular complexity index is 212. The second-order valence-electron chi connectivity index (χ2n) is 3.68. The lowest BCUT2D eigenvalue weighted by atomic mass is 10.1. The molecule has 3 heteroatoms. The van der Waals surface area contributed by atoms with Crippen molar-refractivity contribution in [2.24, 2.45) is 0 Å². The Labute approximate surface area is 78.7 Å². The summed E-state index contributed by atoms with van der Waals surface area (Å²) in [5.74, 6) is -0.348. The van der Waals surface area contributed by atoms with Crippen LogP contribution in [0.15, 0.2) is 12.7 Å². The average Bonchev–Trinajstić information content (AvgIpc) is 2.47. The molecule has 0 N–H and O–H groups in total. The monoisotopic (exact) mass is 184 g/mol. The fourth-order valence-corrected chi connectivity index (χ4v) is 1.73. The fraction of sp³-hybridized carbons (Fsp3) is 0.700. The molecule has 0 spiro atoms. The molecular weight excluding hydrogens is 168 g/mol. The van der Waals surface area contributed by atoms with Crippen molar-refractivity contribution in [3.8, 4) is 0 Å². The molecule has 0 aromatic heterocycles. The van der Waals surface area contributed by atoms with Gasteiger partial charge in [-0.2, -0.15) is 0 Å². The van der Waals surface area contributed by atoms with E-state index in [1.54, 1.807) is 7.11 Å². The molecule has 0 amide bonds. The number of methoxy groups -OCH3 is 1. The normalized spacial score (nSPS) is 32.9. The lowest BCUT2D eigenvalue weighted by molar-refractivity contribution is -0.151. The fourth-order valence-electron chi connectivity index (χ4n) is 1.73. The largest absolute Gasteiger partial charge is 0.456 e. The summed E-state index contributed by atoms with van der Waals surface area (Å²) in [4.78, 5) is 11.0. The van der Waals surface area contributed by atoms with E-state index in [1.165, 1.54) is 6.08 Å². The summed E-state index contributed by atoms with van der Waals surface area (Å²) in [5, 5.41) is 0. The van der Waals surface area contributed by atoms with Gasteiger partial charge in [-0.3, -0.25) is 0 Å². The van der Waals surface area contributed by atoms with Crippen LogP contribution >= 0.6 is 0 Å². The van der Waals surface area contributed by atoms with Crippen LogP contribution in [0.5, 0.6) is 0 Å². The summed E-state index contributed by atoms with van der Waals surface area (Å²) >= 11 is 0. The lowest BCUT2D eigenvalue weighted by Crippen LogP contribution is -2.28. The van der Waals surface area contributed by atoms with E-state index in [2.05, 4.69) is 6.58 Å². The molecule has 2 unspecified atom stereocenters. The van der Waals surface area contributed by atoms with Gasteiger partial charge in [0, 0.05) is 19.6 Å². The molecule has 0 aliphatic heterocycles. The van der Waals surface area contributed by atoms with E-state index in [0.717, 1.165) is 19.3 Å². The van der Waals surface area contributed by atoms with Crippen molar-refractivity contribution in [2.45, 2.75) is 37.9 Å². The van der Waals surface area contributed by atoms with Crippen LogP contribution in [0.1, 0.15) is 26.2 Å². The molecule has 74 valence electrons. The third-order valence-corrected chi connectivity index (χ3v) is 2.50. The molecule has 2 atom stereocenters. The van der Waals surface area contributed by atoms with Crippen molar-refractivity contribution in [3.63, 3.8) is 0 Å². The molecule has 1 aliphatic rings. The molecule has 0 bridgehead atoms. The van der Waals surface area contributed by atoms with Gasteiger partial charge in [-0.25, -0.2) is 4.79 Å². The number of hydrogen-bond acceptors (Lipinski definition) is 3. The minimum Gasteiger partial charge on any atom is -0.456 e. The van der Waals surface area contributed by atoms with Crippen LogP contribution < -0.4 is 0 Å². The van der Waals surface area contributed by atoms with Gasteiger partial charge in [0.05, 0.1) is 6.10 Å². The SMILES string of the molecule is C=CC(=O)OC1(C)CCC(OC)C1. The summed E-state index contributed by atoms with van der Waals surface area (Å²) in [6.45, 7) is 5.31. The number of carbonyl (C=O) groups is 1. The van der Waals surface area contributed by atoms with Crippen molar-refractivity contribution < 1.29 is 14.3 Å². The van der Waals surface area contributed by atoms with Gasteiger partial charge in [0.1, 0.15) is 5.60 Å². The molecule has 0 heterocycles. The van der Waals surface area contributed by atoms with Crippen LogP contribution in [0, 0.1) is 0 Å². The topological polar surface area (TPSA) is 35.5 Å². The summed E-state index contributed by atoms with van der Waals surface area (Å²) in [7, 11) is 1.69. The Morgan fingerprint density at radius 2 is 2.38 bits per heavy atom. The molecular formula is C10H16O3. The lowest BCUT2D eigenvalue weighted by Gasteiger charge is -2.23. The van der Waals surface area contributed by atoms with Crippen LogP contribution in [0.3, 0.4) is 0 Å². The first kappa shape index (κ1) is 10.3. The third-order valence-electron chi connectivity index (χ3n) is 2.50. The number of ether oxygens (including phenoxy) is 2. The zero-order valence-electron chi connectivity index (χ0n) is 8.21. The number of esters is 1. The molecule has 0 saturated heterocycles. The van der Waals surface area contributed by atoms with Crippen LogP contribution in [-0.2, 0) is 14.3 Å². The first-order valence-electron chi connectivity index (χ1n) is 4.48. The highest BCUT2D eigenvalue weighted by atomic mass is 16.6. The van der Waals surface area contributed by atoms with Crippen molar-refractivity contribution in [1.82, 2.24) is 0 Å². The molecule has 0 aromatic rings. The Balaban J connectivity index is 2.49. The van der Waals surface area contributed by atoms with E-state index in [4.69, 9.17) is 9.47 Å². The number of hydrogen-bond donors (Lipinski definition) is 0. The van der Waals surface area contributed by atoms with E-state index < -0.39 is 0 Å². The predicted molar refractivity (Wildman–Crippen MR) is 49.3 cm³/mol. The highest BCUT2D eigenvalue weighted by Crippen LogP contribution is 2.34. The highest BCUT2D eigenvalue weighted by molar-refractivity contribution is 5.81. The molecule has 13 heavy (non-hydrogen) atoms. The van der Waals surface area contributed by atoms with Gasteiger partial charge >= 0.3 is 5.97 Å². The van der Waals surface area contributed by atoms with Gasteiger partial charge in [-0.1, -0.05) is 6.58 Å². The summed E-state index contributed by atoms with van der Waals surface area (Å²) in [6.07, 6.45) is 4.03. The molecule has 1 saturated carbocycles. The standard InChI is InChI=1S/C10H16O3/c1-4-9(11)13-10(2)6-5-8(7-10)12-3/h4,8H,1,5-7H2,2-3H3. The summed E-state index contributed by atoms with van der Waals surface area (Å²) < 4.78 is 10.4. The van der Waals surface area contributed by atoms with Gasteiger partial charge in [-0.05, 0) is 19.8 Å². The maximum Gasteiger partial charge on any atom is 0.330 e. The van der Waals surface area contributed by atoms with E-state index in [1.807, 2.05) is 6.92 Å². The maximum absolute atomic E-state index is 11.0. The van der Waals surface area contributed by atoms with Gasteiger partial charge < -0.3 is 9.47 Å². The van der Waals surface area contributed by atoms with Crippen LogP contribution in [-0.4, -0.2) is 24.8 Å². The van der Waals surface area contributed by atoms with Crippen LogP contribution in [0.2, 0.25) is 0 Å². The Hall–Kier alpha value is -0.830. The predicted octanol–water partition coefficient (Wildman–Crippen LogP) is 1.67. The van der Waals surface area contributed by atoms with Crippen LogP contribution in [0.25, 0.3) is 0 Å². The zero-order chi connectivity index (χ0) is 9.90. The Kier molecular flexibility index (Phi) is 3.09. The van der Waals surface area contributed by atoms with E-state index in [-0.39, 0.29) is 17.7 Å². The highest BCUT2D eigenvalue weighted by Gasteiger charge is 2.38. The molecule has 3 nitrogen and oxygen atoms in total. The van der Waals surface area contributed by atoms with Crippen LogP contribution in [0.4, 0.5) is 0 Å². The average molecular weight is 184 g/mol.